The Morgan fingerprint density at radius 2 is 2.00 bits per heavy atom. The van der Waals surface area contributed by atoms with Crippen LogP contribution in [-0.2, 0) is 14.9 Å². The Bertz CT molecular complexity index is 1270. The SMILES string of the molecule is Cc1nc2[nH]c3c(c2s1)C(C)(C)CN(C(=O)c1ccc(F)c(C)c1)C=C3C(=O)OC(C)C. The molecule has 0 saturated heterocycles. The molecule has 1 N–H and O–H groups in total. The number of hydrogen-bond acceptors (Lipinski definition) is 5. The lowest BCUT2D eigenvalue weighted by atomic mass is 9.83. The summed E-state index contributed by atoms with van der Waals surface area (Å²) < 4.78 is 20.2. The maximum atomic E-state index is 13.8. The fourth-order valence-electron chi connectivity index (χ4n) is 4.10. The second-order valence-electron chi connectivity index (χ2n) is 9.06. The van der Waals surface area contributed by atoms with E-state index in [0.29, 0.717) is 23.4 Å². The first kappa shape index (κ1) is 22.2. The lowest BCUT2D eigenvalue weighted by molar-refractivity contribution is -0.140. The average molecular weight is 456 g/mol. The fraction of sp³-hybridized carbons (Fsp3) is 0.375. The van der Waals surface area contributed by atoms with Gasteiger partial charge < -0.3 is 14.6 Å². The third kappa shape index (κ3) is 3.83. The monoisotopic (exact) mass is 455 g/mol. The predicted molar refractivity (Wildman–Crippen MR) is 123 cm³/mol. The summed E-state index contributed by atoms with van der Waals surface area (Å²) in [7, 11) is 0. The number of nitrogens with zero attached hydrogens (tertiary/aromatic N) is 2. The van der Waals surface area contributed by atoms with Crippen molar-refractivity contribution in [1.82, 2.24) is 14.9 Å². The molecule has 1 amide bonds. The minimum absolute atomic E-state index is 0.273. The minimum atomic E-state index is -0.516. The molecule has 4 rings (SSSR count). The Morgan fingerprint density at radius 1 is 1.28 bits per heavy atom. The number of nitrogens with one attached hydrogen (secondary N) is 1. The Hall–Kier alpha value is -3.00. The largest absolute Gasteiger partial charge is 0.459 e. The van der Waals surface area contributed by atoms with Crippen LogP contribution in [0.4, 0.5) is 4.39 Å². The number of benzene rings is 1. The predicted octanol–water partition coefficient (Wildman–Crippen LogP) is 5.11. The molecule has 0 aliphatic carbocycles. The molecule has 8 heteroatoms. The molecule has 1 aliphatic rings. The van der Waals surface area contributed by atoms with E-state index in [1.807, 2.05) is 20.8 Å². The number of carbonyl (C=O) groups is 2. The Balaban J connectivity index is 1.88. The van der Waals surface area contributed by atoms with Crippen molar-refractivity contribution in [2.45, 2.75) is 53.1 Å². The molecule has 0 radical (unpaired) electrons. The number of thiazole rings is 1. The normalized spacial score (nSPS) is 15.5. The van der Waals surface area contributed by atoms with Gasteiger partial charge in [-0.15, -0.1) is 11.3 Å². The molecule has 168 valence electrons. The molecule has 0 spiro atoms. The lowest BCUT2D eigenvalue weighted by Gasteiger charge is -2.29. The molecular formula is C24H26FN3O3S. The number of fused-ring (bicyclic) bond motifs is 3. The van der Waals surface area contributed by atoms with Crippen LogP contribution in [0.5, 0.6) is 0 Å². The molecule has 1 aliphatic heterocycles. The third-order valence-corrected chi connectivity index (χ3v) is 6.47. The van der Waals surface area contributed by atoms with Crippen LogP contribution in [0.15, 0.2) is 24.4 Å². The van der Waals surface area contributed by atoms with E-state index in [0.717, 1.165) is 20.9 Å². The first-order chi connectivity index (χ1) is 15.0. The summed E-state index contributed by atoms with van der Waals surface area (Å²) in [5.74, 6) is -1.19. The second-order valence-corrected chi connectivity index (χ2v) is 10.3. The van der Waals surface area contributed by atoms with E-state index in [1.165, 1.54) is 23.1 Å². The Kier molecular flexibility index (Phi) is 5.45. The summed E-state index contributed by atoms with van der Waals surface area (Å²) >= 11 is 1.56. The van der Waals surface area contributed by atoms with Crippen LogP contribution in [0.25, 0.3) is 15.9 Å². The van der Waals surface area contributed by atoms with E-state index < -0.39 is 11.4 Å². The molecule has 3 aromatic rings. The van der Waals surface area contributed by atoms with Crippen LogP contribution in [0, 0.1) is 19.7 Å². The van der Waals surface area contributed by atoms with Crippen LogP contribution in [0.3, 0.4) is 0 Å². The minimum Gasteiger partial charge on any atom is -0.459 e. The first-order valence-electron chi connectivity index (χ1n) is 10.5. The molecule has 0 unspecified atom stereocenters. The quantitative estimate of drug-likeness (QED) is 0.557. The number of H-pyrrole nitrogens is 1. The number of halogens is 1. The maximum Gasteiger partial charge on any atom is 0.342 e. The molecule has 1 aromatic carbocycles. The van der Waals surface area contributed by atoms with E-state index in [1.54, 1.807) is 38.3 Å². The zero-order valence-corrected chi connectivity index (χ0v) is 19.8. The highest BCUT2D eigenvalue weighted by atomic mass is 32.1. The van der Waals surface area contributed by atoms with Crippen molar-refractivity contribution in [2.75, 3.05) is 6.54 Å². The molecule has 0 bridgehead atoms. The molecule has 3 heterocycles. The highest BCUT2D eigenvalue weighted by Gasteiger charge is 2.38. The lowest BCUT2D eigenvalue weighted by Crippen LogP contribution is -2.37. The van der Waals surface area contributed by atoms with Crippen LogP contribution >= 0.6 is 11.3 Å². The first-order valence-corrected chi connectivity index (χ1v) is 11.3. The smallest absolute Gasteiger partial charge is 0.342 e. The number of ether oxygens (including phenoxy) is 1. The van der Waals surface area contributed by atoms with Crippen molar-refractivity contribution >= 4 is 39.1 Å². The number of hydrogen-bond donors (Lipinski definition) is 1. The number of carbonyl (C=O) groups excluding carboxylic acids is 2. The van der Waals surface area contributed by atoms with Gasteiger partial charge in [0.05, 0.1) is 27.1 Å². The van der Waals surface area contributed by atoms with Crippen molar-refractivity contribution in [2.24, 2.45) is 0 Å². The number of aromatic amines is 1. The molecule has 0 fully saturated rings. The molecule has 0 saturated carbocycles. The van der Waals surface area contributed by atoms with Gasteiger partial charge in [0.25, 0.3) is 5.91 Å². The van der Waals surface area contributed by atoms with Gasteiger partial charge in [-0.25, -0.2) is 14.2 Å². The Labute approximate surface area is 190 Å². The van der Waals surface area contributed by atoms with Crippen LogP contribution in [-0.4, -0.2) is 39.4 Å². The Morgan fingerprint density at radius 3 is 2.66 bits per heavy atom. The van der Waals surface area contributed by atoms with E-state index in [4.69, 9.17) is 4.74 Å². The van der Waals surface area contributed by atoms with Crippen LogP contribution in [0.1, 0.15) is 59.9 Å². The summed E-state index contributed by atoms with van der Waals surface area (Å²) in [6, 6.07) is 4.28. The van der Waals surface area contributed by atoms with Gasteiger partial charge in [-0.3, -0.25) is 4.79 Å². The molecule has 6 nitrogen and oxygen atoms in total. The van der Waals surface area contributed by atoms with Gasteiger partial charge in [0.15, 0.2) is 0 Å². The highest BCUT2D eigenvalue weighted by Crippen LogP contribution is 2.42. The summed E-state index contributed by atoms with van der Waals surface area (Å²) in [4.78, 5) is 35.9. The number of esters is 1. The van der Waals surface area contributed by atoms with E-state index in [9.17, 15) is 14.0 Å². The zero-order chi connectivity index (χ0) is 23.4. The van der Waals surface area contributed by atoms with Gasteiger partial charge in [-0.2, -0.15) is 0 Å². The summed E-state index contributed by atoms with van der Waals surface area (Å²) in [5.41, 5.74) is 2.82. The highest BCUT2D eigenvalue weighted by molar-refractivity contribution is 7.18. The third-order valence-electron chi connectivity index (χ3n) is 5.48. The maximum absolute atomic E-state index is 13.8. The second kappa shape index (κ2) is 7.85. The van der Waals surface area contributed by atoms with Crippen molar-refractivity contribution in [3.05, 3.63) is 57.6 Å². The zero-order valence-electron chi connectivity index (χ0n) is 19.0. The summed E-state index contributed by atoms with van der Waals surface area (Å²) in [6.07, 6.45) is 1.23. The van der Waals surface area contributed by atoms with Crippen LogP contribution in [0.2, 0.25) is 0 Å². The number of aryl methyl sites for hydroxylation is 2. The summed E-state index contributed by atoms with van der Waals surface area (Å²) in [5, 5.41) is 0.916. The van der Waals surface area contributed by atoms with E-state index >= 15 is 0 Å². The van der Waals surface area contributed by atoms with Crippen molar-refractivity contribution in [3.63, 3.8) is 0 Å². The molecule has 32 heavy (non-hydrogen) atoms. The molecular weight excluding hydrogens is 429 g/mol. The molecule has 0 atom stereocenters. The number of amides is 1. The van der Waals surface area contributed by atoms with Crippen LogP contribution < -0.4 is 0 Å². The van der Waals surface area contributed by atoms with Gasteiger partial charge in [0.1, 0.15) is 11.5 Å². The van der Waals surface area contributed by atoms with Crippen molar-refractivity contribution < 1.29 is 18.7 Å². The number of aromatic nitrogens is 2. The standard InChI is InChI=1S/C24H26FN3O3S/c1-12(2)31-23(30)16-10-28(22(29)15-7-8-17(25)13(3)9-15)11-24(5,6)18-19(16)27-21-20(18)32-14(4)26-21/h7-10,12,27H,11H2,1-6H3. The van der Waals surface area contributed by atoms with E-state index in [-0.39, 0.29) is 23.4 Å². The average Bonchev–Trinajstić information content (AvgIpc) is 3.17. The van der Waals surface area contributed by atoms with Gasteiger partial charge in [0.2, 0.25) is 0 Å². The van der Waals surface area contributed by atoms with Gasteiger partial charge >= 0.3 is 5.97 Å². The summed E-state index contributed by atoms with van der Waals surface area (Å²) in [6.45, 7) is 11.5. The molecule has 2 aromatic heterocycles. The fourth-order valence-corrected chi connectivity index (χ4v) is 5.21. The number of rotatable bonds is 3. The van der Waals surface area contributed by atoms with Gasteiger partial charge in [-0.1, -0.05) is 13.8 Å². The topological polar surface area (TPSA) is 75.3 Å². The van der Waals surface area contributed by atoms with Gasteiger partial charge in [0, 0.05) is 29.3 Å². The van der Waals surface area contributed by atoms with Crippen molar-refractivity contribution in [1.29, 1.82) is 0 Å². The van der Waals surface area contributed by atoms with Gasteiger partial charge in [-0.05, 0) is 51.5 Å². The van der Waals surface area contributed by atoms with E-state index in [2.05, 4.69) is 9.97 Å². The van der Waals surface area contributed by atoms with Crippen molar-refractivity contribution in [3.8, 4) is 0 Å².